The van der Waals surface area contributed by atoms with Gasteiger partial charge in [-0.3, -0.25) is 4.79 Å². The number of unbranched alkanes of at least 4 members (excludes halogenated alkanes) is 6. The molecule has 1 aromatic heterocycles. The van der Waals surface area contributed by atoms with Gasteiger partial charge in [0.15, 0.2) is 0 Å². The molecule has 0 unspecified atom stereocenters. The van der Waals surface area contributed by atoms with E-state index >= 15 is 0 Å². The van der Waals surface area contributed by atoms with Crippen LogP contribution in [-0.4, -0.2) is 77.3 Å². The zero-order valence-electron chi connectivity index (χ0n) is 20.3. The van der Waals surface area contributed by atoms with Crippen molar-refractivity contribution in [2.75, 3.05) is 45.9 Å². The van der Waals surface area contributed by atoms with Crippen molar-refractivity contribution in [1.29, 1.82) is 0 Å². The zero-order chi connectivity index (χ0) is 23.6. The van der Waals surface area contributed by atoms with Crippen molar-refractivity contribution in [3.05, 3.63) is 41.4 Å². The fourth-order valence-electron chi connectivity index (χ4n) is 5.08. The van der Waals surface area contributed by atoms with Crippen LogP contribution in [0.15, 0.2) is 35.7 Å². The lowest BCUT2D eigenvalue weighted by Gasteiger charge is -2.47. The maximum atomic E-state index is 13.2. The van der Waals surface area contributed by atoms with Crippen LogP contribution in [0.5, 0.6) is 0 Å². The predicted molar refractivity (Wildman–Crippen MR) is 137 cm³/mol. The van der Waals surface area contributed by atoms with Crippen LogP contribution in [-0.2, 0) is 4.74 Å². The number of rotatable bonds is 11. The fraction of sp³-hybridized carbons (Fsp3) is 0.630. The molecule has 2 aliphatic heterocycles. The smallest absolute Gasteiger partial charge is 0.273 e. The summed E-state index contributed by atoms with van der Waals surface area (Å²) in [5, 5.41) is 11.6. The van der Waals surface area contributed by atoms with Gasteiger partial charge < -0.3 is 19.6 Å². The lowest BCUT2D eigenvalue weighted by atomic mass is 9.89. The summed E-state index contributed by atoms with van der Waals surface area (Å²) in [5.41, 5.74) is 1.41. The second kappa shape index (κ2) is 12.8. The third kappa shape index (κ3) is 6.87. The molecule has 3 heterocycles. The van der Waals surface area contributed by atoms with Gasteiger partial charge in [0.25, 0.3) is 5.91 Å². The number of hydrogen-bond acceptors (Lipinski definition) is 6. The van der Waals surface area contributed by atoms with Gasteiger partial charge >= 0.3 is 0 Å². The highest BCUT2D eigenvalue weighted by Gasteiger charge is 2.41. The van der Waals surface area contributed by atoms with Crippen LogP contribution >= 0.6 is 11.3 Å². The second-order valence-electron chi connectivity index (χ2n) is 9.70. The molecule has 7 heteroatoms. The summed E-state index contributed by atoms with van der Waals surface area (Å²) in [5.74, 6) is 0.0301. The molecule has 0 saturated carbocycles. The summed E-state index contributed by atoms with van der Waals surface area (Å²) >= 11 is 1.53. The molecule has 6 nitrogen and oxygen atoms in total. The molecular formula is C27H39N3O3S. The third-order valence-corrected chi connectivity index (χ3v) is 8.07. The van der Waals surface area contributed by atoms with Gasteiger partial charge in [0.2, 0.25) is 0 Å². The number of morpholine rings is 1. The Kier molecular flexibility index (Phi) is 9.50. The highest BCUT2D eigenvalue weighted by atomic mass is 32.1. The summed E-state index contributed by atoms with van der Waals surface area (Å²) in [4.78, 5) is 22.4. The number of aromatic nitrogens is 1. The van der Waals surface area contributed by atoms with E-state index in [-0.39, 0.29) is 11.5 Å². The number of benzene rings is 1. The monoisotopic (exact) mass is 485 g/mol. The summed E-state index contributed by atoms with van der Waals surface area (Å²) in [7, 11) is 0. The molecule has 0 radical (unpaired) electrons. The van der Waals surface area contributed by atoms with Crippen molar-refractivity contribution < 1.29 is 14.6 Å². The van der Waals surface area contributed by atoms with Crippen LogP contribution < -0.4 is 0 Å². The molecule has 0 atom stereocenters. The second-order valence-corrected chi connectivity index (χ2v) is 10.6. The van der Waals surface area contributed by atoms with E-state index in [1.54, 1.807) is 0 Å². The number of aliphatic hydroxyl groups is 1. The van der Waals surface area contributed by atoms with E-state index in [2.05, 4.69) is 9.88 Å². The molecule has 1 spiro atoms. The van der Waals surface area contributed by atoms with E-state index in [4.69, 9.17) is 9.84 Å². The van der Waals surface area contributed by atoms with E-state index in [1.807, 2.05) is 40.6 Å². The number of piperidine rings is 1. The van der Waals surface area contributed by atoms with Crippen LogP contribution in [0.1, 0.15) is 68.3 Å². The minimum absolute atomic E-state index is 0.0301. The molecule has 34 heavy (non-hydrogen) atoms. The first-order valence-electron chi connectivity index (χ1n) is 13.0. The first-order chi connectivity index (χ1) is 16.7. The van der Waals surface area contributed by atoms with Crippen LogP contribution in [0.4, 0.5) is 0 Å². The van der Waals surface area contributed by atoms with Gasteiger partial charge in [-0.15, -0.1) is 11.3 Å². The normalized spacial score (nSPS) is 18.4. The Hall–Kier alpha value is -1.80. The number of carbonyl (C=O) groups is 1. The van der Waals surface area contributed by atoms with Gasteiger partial charge in [0, 0.05) is 37.2 Å². The summed E-state index contributed by atoms with van der Waals surface area (Å²) in [6, 6.07) is 10.0. The number of aliphatic hydroxyl groups excluding tert-OH is 1. The highest BCUT2D eigenvalue weighted by molar-refractivity contribution is 7.13. The van der Waals surface area contributed by atoms with Gasteiger partial charge in [-0.25, -0.2) is 4.98 Å². The fourth-order valence-corrected chi connectivity index (χ4v) is 5.88. The van der Waals surface area contributed by atoms with Crippen LogP contribution in [0.2, 0.25) is 0 Å². The standard InChI is InChI=1S/C27H39N3O3S/c31-19-10-5-3-1-2-4-9-15-29-16-13-27(14-17-29)22-30(18-20-33-27)26(32)24-21-34-25(28-24)23-11-7-6-8-12-23/h6-8,11-12,21,31H,1-5,9-10,13-20,22H2. The SMILES string of the molecule is O=C(c1csc(-c2ccccc2)n1)N1CCOC2(CCN(CCCCCCCCCO)CC2)C1. The Morgan fingerprint density at radius 1 is 1.00 bits per heavy atom. The molecule has 2 fully saturated rings. The Balaban J connectivity index is 1.20. The minimum atomic E-state index is -0.199. The van der Waals surface area contributed by atoms with Crippen LogP contribution in [0.25, 0.3) is 10.6 Å². The first-order valence-corrected chi connectivity index (χ1v) is 13.8. The Labute approximate surface area is 207 Å². The van der Waals surface area contributed by atoms with E-state index in [0.29, 0.717) is 32.0 Å². The number of amides is 1. The molecule has 1 amide bonds. The number of hydrogen-bond donors (Lipinski definition) is 1. The molecule has 2 aromatic rings. The maximum Gasteiger partial charge on any atom is 0.273 e. The average molecular weight is 486 g/mol. The van der Waals surface area contributed by atoms with Gasteiger partial charge in [-0.05, 0) is 32.2 Å². The van der Waals surface area contributed by atoms with E-state index in [1.165, 1.54) is 43.4 Å². The van der Waals surface area contributed by atoms with Gasteiger partial charge in [-0.1, -0.05) is 62.4 Å². The average Bonchev–Trinajstić information content (AvgIpc) is 3.37. The van der Waals surface area contributed by atoms with Crippen LogP contribution in [0.3, 0.4) is 0 Å². The molecule has 1 aromatic carbocycles. The Morgan fingerprint density at radius 2 is 1.71 bits per heavy atom. The summed E-state index contributed by atoms with van der Waals surface area (Å²) in [6.45, 7) is 5.51. The van der Waals surface area contributed by atoms with Gasteiger partial charge in [0.05, 0.1) is 18.8 Å². The largest absolute Gasteiger partial charge is 0.396 e. The molecule has 0 bridgehead atoms. The van der Waals surface area contributed by atoms with Crippen molar-refractivity contribution in [2.24, 2.45) is 0 Å². The maximum absolute atomic E-state index is 13.2. The van der Waals surface area contributed by atoms with E-state index < -0.39 is 0 Å². The molecule has 186 valence electrons. The topological polar surface area (TPSA) is 65.9 Å². The lowest BCUT2D eigenvalue weighted by Crippen LogP contribution is -2.58. The zero-order valence-corrected chi connectivity index (χ0v) is 21.1. The molecule has 2 saturated heterocycles. The van der Waals surface area contributed by atoms with E-state index in [9.17, 15) is 4.79 Å². The molecule has 0 aliphatic carbocycles. The van der Waals surface area contributed by atoms with Crippen molar-refractivity contribution in [1.82, 2.24) is 14.8 Å². The number of nitrogens with zero attached hydrogens (tertiary/aromatic N) is 3. The minimum Gasteiger partial charge on any atom is -0.396 e. The van der Waals surface area contributed by atoms with Crippen molar-refractivity contribution in [3.8, 4) is 10.6 Å². The van der Waals surface area contributed by atoms with Crippen LogP contribution in [0, 0.1) is 0 Å². The van der Waals surface area contributed by atoms with Gasteiger partial charge in [-0.2, -0.15) is 0 Å². The predicted octanol–water partition coefficient (Wildman–Crippen LogP) is 4.84. The Morgan fingerprint density at radius 3 is 2.44 bits per heavy atom. The van der Waals surface area contributed by atoms with E-state index in [0.717, 1.165) is 55.9 Å². The molecule has 1 N–H and O–H groups in total. The number of carbonyl (C=O) groups excluding carboxylic acids is 1. The Bertz CT molecular complexity index is 880. The van der Waals surface area contributed by atoms with Gasteiger partial charge in [0.1, 0.15) is 10.7 Å². The number of ether oxygens (including phenoxy) is 1. The van der Waals surface area contributed by atoms with Crippen molar-refractivity contribution >= 4 is 17.2 Å². The summed E-state index contributed by atoms with van der Waals surface area (Å²) in [6.07, 6.45) is 10.4. The third-order valence-electron chi connectivity index (χ3n) is 7.18. The van der Waals surface area contributed by atoms with Crippen molar-refractivity contribution in [2.45, 2.75) is 63.4 Å². The molecule has 2 aliphatic rings. The number of thiazole rings is 1. The number of likely N-dealkylation sites (tertiary alicyclic amines) is 1. The van der Waals surface area contributed by atoms with Crippen molar-refractivity contribution in [3.63, 3.8) is 0 Å². The highest BCUT2D eigenvalue weighted by Crippen LogP contribution is 2.31. The molecule has 4 rings (SSSR count). The first kappa shape index (κ1) is 25.3. The quantitative estimate of drug-likeness (QED) is 0.462. The molecular weight excluding hydrogens is 446 g/mol. The summed E-state index contributed by atoms with van der Waals surface area (Å²) < 4.78 is 6.28. The lowest BCUT2D eigenvalue weighted by molar-refractivity contribution is -0.127.